The highest BCUT2D eigenvalue weighted by Crippen LogP contribution is 2.27. The van der Waals surface area contributed by atoms with Crippen LogP contribution in [0.3, 0.4) is 0 Å². The molecule has 1 fully saturated rings. The molecule has 0 saturated carbocycles. The third kappa shape index (κ3) is 3.05. The Labute approximate surface area is 113 Å². The molecule has 2 rings (SSSR count). The van der Waals surface area contributed by atoms with Crippen molar-refractivity contribution in [3.63, 3.8) is 0 Å². The first-order valence-electron chi connectivity index (χ1n) is 5.52. The summed E-state index contributed by atoms with van der Waals surface area (Å²) >= 11 is 0.758. The number of thioether (sulfide) groups is 1. The highest BCUT2D eigenvalue weighted by Gasteiger charge is 2.36. The summed E-state index contributed by atoms with van der Waals surface area (Å²) in [7, 11) is 0. The van der Waals surface area contributed by atoms with E-state index >= 15 is 0 Å². The number of aryl methyl sites for hydroxylation is 1. The Morgan fingerprint density at radius 1 is 1.37 bits per heavy atom. The lowest BCUT2D eigenvalue weighted by atomic mass is 10.2. The van der Waals surface area contributed by atoms with Gasteiger partial charge in [0.1, 0.15) is 0 Å². The van der Waals surface area contributed by atoms with Gasteiger partial charge in [-0.05, 0) is 30.8 Å². The van der Waals surface area contributed by atoms with Crippen molar-refractivity contribution in [3.8, 4) is 0 Å². The van der Waals surface area contributed by atoms with Gasteiger partial charge in [0.2, 0.25) is 0 Å². The maximum atomic E-state index is 11.6. The van der Waals surface area contributed by atoms with Gasteiger partial charge in [-0.15, -0.1) is 0 Å². The van der Waals surface area contributed by atoms with Crippen LogP contribution in [0.2, 0.25) is 0 Å². The lowest BCUT2D eigenvalue weighted by molar-refractivity contribution is -0.303. The minimum absolute atomic E-state index is 0.457. The number of imide groups is 1. The number of aliphatic carboxylic acids is 1. The molecule has 19 heavy (non-hydrogen) atoms. The van der Waals surface area contributed by atoms with Crippen molar-refractivity contribution in [1.29, 1.82) is 0 Å². The molecule has 0 radical (unpaired) electrons. The van der Waals surface area contributed by atoms with Crippen LogP contribution in [0.15, 0.2) is 24.3 Å². The van der Waals surface area contributed by atoms with E-state index < -0.39 is 29.0 Å². The normalized spacial score (nSPS) is 18.3. The fourth-order valence-corrected chi connectivity index (χ4v) is 2.59. The number of carbonyl (C=O) groups is 3. The van der Waals surface area contributed by atoms with Crippen molar-refractivity contribution in [2.75, 3.05) is 11.4 Å². The van der Waals surface area contributed by atoms with E-state index in [0.29, 0.717) is 5.69 Å². The second kappa shape index (κ2) is 5.31. The molecule has 1 aliphatic rings. The molecule has 0 bridgehead atoms. The third-order valence-electron chi connectivity index (χ3n) is 2.62. The summed E-state index contributed by atoms with van der Waals surface area (Å²) in [5.41, 5.74) is 1.56. The van der Waals surface area contributed by atoms with Crippen molar-refractivity contribution < 1.29 is 19.5 Å². The van der Waals surface area contributed by atoms with Gasteiger partial charge in [-0.1, -0.05) is 17.7 Å². The maximum Gasteiger partial charge on any atom is 0.288 e. The van der Waals surface area contributed by atoms with E-state index in [1.165, 1.54) is 4.90 Å². The molecular weight excluding hydrogens is 268 g/mol. The molecule has 1 N–H and O–H groups in total. The predicted octanol–water partition coefficient (Wildman–Crippen LogP) is -0.140. The molecule has 2 amide bonds. The molecule has 0 unspecified atom stereocenters. The number of rotatable bonds is 4. The summed E-state index contributed by atoms with van der Waals surface area (Å²) in [5, 5.41) is 11.6. The first-order valence-corrected chi connectivity index (χ1v) is 6.40. The van der Waals surface area contributed by atoms with Gasteiger partial charge in [0.25, 0.3) is 11.1 Å². The number of nitrogens with one attached hydrogen (secondary N) is 1. The molecule has 0 aromatic heterocycles. The van der Waals surface area contributed by atoms with E-state index in [-0.39, 0.29) is 0 Å². The second-order valence-corrected chi connectivity index (χ2v) is 5.14. The van der Waals surface area contributed by atoms with E-state index in [4.69, 9.17) is 0 Å². The smallest absolute Gasteiger partial charge is 0.288 e. The van der Waals surface area contributed by atoms with Crippen LogP contribution >= 0.6 is 11.8 Å². The Balaban J connectivity index is 2.30. The monoisotopic (exact) mass is 279 g/mol. The van der Waals surface area contributed by atoms with Gasteiger partial charge in [-0.2, -0.15) is 0 Å². The fourth-order valence-electron chi connectivity index (χ4n) is 1.74. The molecule has 1 aromatic carbocycles. The third-order valence-corrected chi connectivity index (χ3v) is 3.62. The molecule has 0 spiro atoms. The van der Waals surface area contributed by atoms with E-state index in [2.05, 4.69) is 5.32 Å². The molecule has 1 aromatic rings. The zero-order valence-corrected chi connectivity index (χ0v) is 10.9. The van der Waals surface area contributed by atoms with Crippen molar-refractivity contribution in [2.45, 2.75) is 12.3 Å². The Morgan fingerprint density at radius 3 is 2.47 bits per heavy atom. The second-order valence-electron chi connectivity index (χ2n) is 4.08. The number of hydrogen-bond acceptors (Lipinski definition) is 6. The number of benzene rings is 1. The minimum atomic E-state index is -1.31. The lowest BCUT2D eigenvalue weighted by Crippen LogP contribution is -2.46. The molecule has 6 nitrogen and oxygen atoms in total. The Kier molecular flexibility index (Phi) is 3.75. The lowest BCUT2D eigenvalue weighted by Gasteiger charge is -2.28. The number of hydrogen-bond donors (Lipinski definition) is 1. The van der Waals surface area contributed by atoms with Crippen LogP contribution in [0.4, 0.5) is 10.5 Å². The van der Waals surface area contributed by atoms with E-state index in [0.717, 1.165) is 17.3 Å². The highest BCUT2D eigenvalue weighted by molar-refractivity contribution is 8.15. The summed E-state index contributed by atoms with van der Waals surface area (Å²) in [5.74, 6) is -1.83. The molecular formula is C12H11N2O4S-. The topological polar surface area (TPSA) is 89.5 Å². The zero-order valence-electron chi connectivity index (χ0n) is 10.1. The first-order chi connectivity index (χ1) is 8.97. The van der Waals surface area contributed by atoms with E-state index in [9.17, 15) is 19.5 Å². The average Bonchev–Trinajstić information content (AvgIpc) is 2.66. The van der Waals surface area contributed by atoms with Crippen LogP contribution in [0.1, 0.15) is 5.56 Å². The van der Waals surface area contributed by atoms with Gasteiger partial charge in [0.05, 0.1) is 12.5 Å². The van der Waals surface area contributed by atoms with Crippen molar-refractivity contribution >= 4 is 34.6 Å². The molecule has 1 aliphatic heterocycles. The van der Waals surface area contributed by atoms with Crippen molar-refractivity contribution in [3.05, 3.63) is 29.8 Å². The number of nitrogens with zero attached hydrogens (tertiary/aromatic N) is 1. The van der Waals surface area contributed by atoms with Crippen LogP contribution in [0.25, 0.3) is 0 Å². The molecule has 7 heteroatoms. The zero-order chi connectivity index (χ0) is 14.0. The molecule has 1 saturated heterocycles. The van der Waals surface area contributed by atoms with Gasteiger partial charge in [-0.25, -0.2) is 0 Å². The van der Waals surface area contributed by atoms with Crippen LogP contribution in [0.5, 0.6) is 0 Å². The van der Waals surface area contributed by atoms with Crippen LogP contribution in [-0.4, -0.2) is 29.0 Å². The number of carboxylic acid groups (broad SMARTS) is 1. The highest BCUT2D eigenvalue weighted by atomic mass is 32.2. The van der Waals surface area contributed by atoms with Crippen LogP contribution in [-0.2, 0) is 9.59 Å². The summed E-state index contributed by atoms with van der Waals surface area (Å²) in [6.45, 7) is 1.44. The van der Waals surface area contributed by atoms with Gasteiger partial charge in [0, 0.05) is 5.69 Å². The summed E-state index contributed by atoms with van der Waals surface area (Å²) in [6, 6.07) is 7.01. The van der Waals surface area contributed by atoms with Crippen molar-refractivity contribution in [2.24, 2.45) is 0 Å². The number of anilines is 1. The fraction of sp³-hybridized carbons (Fsp3) is 0.250. The predicted molar refractivity (Wildman–Crippen MR) is 68.4 cm³/mol. The Hall–Kier alpha value is -2.02. The van der Waals surface area contributed by atoms with Gasteiger partial charge < -0.3 is 14.8 Å². The molecule has 1 atom stereocenters. The number of amides is 2. The molecule has 0 aliphatic carbocycles. The van der Waals surface area contributed by atoms with E-state index in [1.54, 1.807) is 24.3 Å². The van der Waals surface area contributed by atoms with Crippen LogP contribution in [0, 0.1) is 6.92 Å². The molecule has 100 valence electrons. The van der Waals surface area contributed by atoms with Crippen molar-refractivity contribution in [1.82, 2.24) is 5.32 Å². The largest absolute Gasteiger partial charge is 0.548 e. The van der Waals surface area contributed by atoms with Gasteiger partial charge in [-0.3, -0.25) is 14.9 Å². The summed E-state index contributed by atoms with van der Waals surface area (Å²) in [4.78, 5) is 35.0. The minimum Gasteiger partial charge on any atom is -0.548 e. The molecule has 1 heterocycles. The van der Waals surface area contributed by atoms with Gasteiger partial charge >= 0.3 is 0 Å². The van der Waals surface area contributed by atoms with Crippen LogP contribution < -0.4 is 15.3 Å². The summed E-state index contributed by atoms with van der Waals surface area (Å²) in [6.07, 6.45) is 0. The number of carboxylic acids is 1. The Bertz CT molecular complexity index is 529. The first kappa shape index (κ1) is 13.4. The SMILES string of the molecule is Cc1ccc(N(CC(=O)[O-])[C@@H]2SC(=O)NC2=O)cc1. The number of carbonyl (C=O) groups excluding carboxylic acids is 3. The maximum absolute atomic E-state index is 11.6. The quantitative estimate of drug-likeness (QED) is 0.825. The summed E-state index contributed by atoms with van der Waals surface area (Å²) < 4.78 is 0. The Morgan fingerprint density at radius 2 is 2.00 bits per heavy atom. The van der Waals surface area contributed by atoms with E-state index in [1.807, 2.05) is 6.92 Å². The standard InChI is InChI=1S/C12H12N2O4S/c1-7-2-4-8(5-3-7)14(6-9(15)16)11-10(17)13-12(18)19-11/h2-5,11H,6H2,1H3,(H,15,16)(H,13,17,18)/p-1/t11-/m1/s1. The van der Waals surface area contributed by atoms with Gasteiger partial charge in [0.15, 0.2) is 5.37 Å². The average molecular weight is 279 g/mol.